The molecule has 0 aromatic heterocycles. The Balaban J connectivity index is 0.00000312. The van der Waals surface area contributed by atoms with Crippen molar-refractivity contribution in [3.8, 4) is 0 Å². The van der Waals surface area contributed by atoms with Gasteiger partial charge in [-0.25, -0.2) is 0 Å². The summed E-state index contributed by atoms with van der Waals surface area (Å²) in [6.07, 6.45) is -16.9. The molecule has 12 nitrogen and oxygen atoms in total. The van der Waals surface area contributed by atoms with Crippen molar-refractivity contribution < 1.29 is 89.3 Å². The molecule has 0 aliphatic carbocycles. The van der Waals surface area contributed by atoms with Gasteiger partial charge in [-0.15, -0.1) is 0 Å². The van der Waals surface area contributed by atoms with Crippen LogP contribution in [0, 0.1) is 0 Å². The number of hydrogen-bond donors (Lipinski definition) is 6. The van der Waals surface area contributed by atoms with Crippen molar-refractivity contribution in [2.75, 3.05) is 0 Å². The van der Waals surface area contributed by atoms with Gasteiger partial charge in [0.25, 0.3) is 0 Å². The Labute approximate surface area is 163 Å². The molecule has 6 N–H and O–H groups in total. The zero-order valence-corrected chi connectivity index (χ0v) is 15.4. The first-order valence-electron chi connectivity index (χ1n) is 7.07. The number of rotatable bonds is 4. The summed E-state index contributed by atoms with van der Waals surface area (Å²) in [7, 11) is 0. The molecule has 0 unspecified atom stereocenters. The van der Waals surface area contributed by atoms with Crippen LogP contribution in [0.5, 0.6) is 0 Å². The molecular weight excluding hydrogens is 359 g/mol. The first-order valence-corrected chi connectivity index (χ1v) is 7.07. The Morgan fingerprint density at radius 1 is 0.800 bits per heavy atom. The van der Waals surface area contributed by atoms with Crippen LogP contribution in [0.3, 0.4) is 0 Å². The van der Waals surface area contributed by atoms with Crippen molar-refractivity contribution in [3.05, 3.63) is 0 Å². The van der Waals surface area contributed by atoms with Crippen molar-refractivity contribution in [1.29, 1.82) is 0 Å². The van der Waals surface area contributed by atoms with Gasteiger partial charge >= 0.3 is 29.6 Å². The van der Waals surface area contributed by atoms with E-state index >= 15 is 0 Å². The van der Waals surface area contributed by atoms with E-state index in [9.17, 15) is 40.5 Å². The van der Waals surface area contributed by atoms with E-state index in [-0.39, 0.29) is 29.6 Å². The standard InChI is InChI=1S/C12H20O12.Na/c1-2-3(13)4(14)7(17)11(21-2)23-24-12-8(18)5(15)6(16)9(22-12)10(19)20;/h2-9,11-18H,1H3,(H,19,20);/q;+1/p-1/t2-,3-,4+,5+,6+,7-,8-,9+,11-,12-;/m1./s1. The van der Waals surface area contributed by atoms with Crippen LogP contribution >= 0.6 is 0 Å². The van der Waals surface area contributed by atoms with Crippen LogP contribution in [0.25, 0.3) is 0 Å². The van der Waals surface area contributed by atoms with Gasteiger partial charge in [0.15, 0.2) is 0 Å². The minimum Gasteiger partial charge on any atom is -0.547 e. The average molecular weight is 378 g/mol. The maximum Gasteiger partial charge on any atom is 1.00 e. The Bertz CT molecular complexity index is 452. The molecule has 2 aliphatic rings. The Hall–Kier alpha value is 0.0700. The molecule has 2 saturated heterocycles. The first-order chi connectivity index (χ1) is 11.1. The van der Waals surface area contributed by atoms with Gasteiger partial charge in [0.2, 0.25) is 12.6 Å². The van der Waals surface area contributed by atoms with Crippen molar-refractivity contribution >= 4 is 5.97 Å². The van der Waals surface area contributed by atoms with Crippen molar-refractivity contribution in [2.24, 2.45) is 0 Å². The van der Waals surface area contributed by atoms with E-state index in [1.54, 1.807) is 0 Å². The topological polar surface area (TPSA) is 198 Å². The van der Waals surface area contributed by atoms with Crippen LogP contribution < -0.4 is 34.7 Å². The van der Waals surface area contributed by atoms with E-state index in [0.717, 1.165) is 0 Å². The number of carbonyl (C=O) groups is 1. The monoisotopic (exact) mass is 378 g/mol. The average Bonchev–Trinajstić information content (AvgIpc) is 2.54. The Morgan fingerprint density at radius 2 is 1.24 bits per heavy atom. The number of ether oxygens (including phenoxy) is 2. The first kappa shape index (κ1) is 23.1. The molecular formula is C12H19NaO12. The normalized spacial score (nSPS) is 47.8. The second-order valence-corrected chi connectivity index (χ2v) is 5.59. The fourth-order valence-corrected chi connectivity index (χ4v) is 2.32. The third kappa shape index (κ3) is 4.87. The molecule has 2 rings (SSSR count). The summed E-state index contributed by atoms with van der Waals surface area (Å²) in [4.78, 5) is 20.1. The molecule has 2 aliphatic heterocycles. The zero-order chi connectivity index (χ0) is 18.2. The summed E-state index contributed by atoms with van der Waals surface area (Å²) < 4.78 is 9.77. The molecule has 0 radical (unpaired) electrons. The number of carboxylic acids is 1. The van der Waals surface area contributed by atoms with Crippen molar-refractivity contribution in [3.63, 3.8) is 0 Å². The second kappa shape index (κ2) is 9.32. The molecule has 2 heterocycles. The van der Waals surface area contributed by atoms with Gasteiger partial charge < -0.3 is 50.0 Å². The van der Waals surface area contributed by atoms with Crippen molar-refractivity contribution in [1.82, 2.24) is 0 Å². The molecule has 0 saturated carbocycles. The fraction of sp³-hybridized carbons (Fsp3) is 0.917. The number of aliphatic carboxylic acids is 1. The second-order valence-electron chi connectivity index (χ2n) is 5.59. The summed E-state index contributed by atoms with van der Waals surface area (Å²) in [5.41, 5.74) is 0. The minimum atomic E-state index is -2.00. The van der Waals surface area contributed by atoms with Gasteiger partial charge in [-0.2, -0.15) is 9.78 Å². The molecule has 140 valence electrons. The molecule has 0 spiro atoms. The number of hydrogen-bond acceptors (Lipinski definition) is 12. The third-order valence-electron chi connectivity index (χ3n) is 3.86. The summed E-state index contributed by atoms with van der Waals surface area (Å²) >= 11 is 0. The predicted octanol–water partition coefficient (Wildman–Crippen LogP) is -8.68. The van der Waals surface area contributed by atoms with E-state index in [0.29, 0.717) is 0 Å². The van der Waals surface area contributed by atoms with E-state index in [1.807, 2.05) is 0 Å². The molecule has 0 bridgehead atoms. The minimum absolute atomic E-state index is 0. The fourth-order valence-electron chi connectivity index (χ4n) is 2.32. The van der Waals surface area contributed by atoms with E-state index in [4.69, 9.17) is 9.47 Å². The smallest absolute Gasteiger partial charge is 0.547 e. The largest absolute Gasteiger partial charge is 1.00 e. The van der Waals surface area contributed by atoms with Crippen LogP contribution in [-0.4, -0.2) is 98.0 Å². The number of carbonyl (C=O) groups excluding carboxylic acids is 1. The van der Waals surface area contributed by atoms with Gasteiger partial charge in [0, 0.05) is 0 Å². The predicted molar refractivity (Wildman–Crippen MR) is 66.2 cm³/mol. The molecule has 25 heavy (non-hydrogen) atoms. The SMILES string of the molecule is C[C@H]1O[C@H](OO[C@H]2O[C@H](C(=O)[O-])[C@@H](O)[C@H](O)[C@H]2O)[C@H](O)[C@@H](O)[C@@H]1O.[Na+]. The molecule has 13 heteroatoms. The van der Waals surface area contributed by atoms with Crippen LogP contribution in [0.4, 0.5) is 0 Å². The third-order valence-corrected chi connectivity index (χ3v) is 3.86. The van der Waals surface area contributed by atoms with Crippen LogP contribution in [0.15, 0.2) is 0 Å². The molecule has 0 aromatic carbocycles. The van der Waals surface area contributed by atoms with E-state index < -0.39 is 67.4 Å². The van der Waals surface area contributed by atoms with Gasteiger partial charge in [-0.05, 0) is 6.92 Å². The maximum atomic E-state index is 10.8. The summed E-state index contributed by atoms with van der Waals surface area (Å²) in [5.74, 6) is -1.86. The molecule has 10 atom stereocenters. The molecule has 0 aromatic rings. The molecule has 0 amide bonds. The van der Waals surface area contributed by atoms with E-state index in [2.05, 4.69) is 9.78 Å². The maximum absolute atomic E-state index is 10.8. The quantitative estimate of drug-likeness (QED) is 0.154. The van der Waals surface area contributed by atoms with Gasteiger partial charge in [-0.3, -0.25) is 0 Å². The number of aliphatic hydroxyl groups excluding tert-OH is 6. The van der Waals surface area contributed by atoms with Crippen LogP contribution in [0.1, 0.15) is 6.92 Å². The zero-order valence-electron chi connectivity index (χ0n) is 13.4. The Kier molecular flexibility index (Phi) is 8.62. The van der Waals surface area contributed by atoms with Gasteiger partial charge in [0.1, 0.15) is 42.7 Å². The van der Waals surface area contributed by atoms with E-state index in [1.165, 1.54) is 6.92 Å². The van der Waals surface area contributed by atoms with Crippen LogP contribution in [0.2, 0.25) is 0 Å². The van der Waals surface area contributed by atoms with Crippen molar-refractivity contribution in [2.45, 2.75) is 68.3 Å². The summed E-state index contributed by atoms with van der Waals surface area (Å²) in [6.45, 7) is 1.38. The van der Waals surface area contributed by atoms with Crippen LogP contribution in [-0.2, 0) is 24.0 Å². The summed E-state index contributed by atoms with van der Waals surface area (Å²) in [5, 5.41) is 68.4. The number of aliphatic hydroxyl groups is 6. The van der Waals surface area contributed by atoms with Gasteiger partial charge in [-0.1, -0.05) is 0 Å². The summed E-state index contributed by atoms with van der Waals surface area (Å²) in [6, 6.07) is 0. The number of carboxylic acid groups (broad SMARTS) is 1. The Morgan fingerprint density at radius 3 is 1.72 bits per heavy atom. The molecule has 2 fully saturated rings. The van der Waals surface area contributed by atoms with Gasteiger partial charge in [0.05, 0.1) is 12.1 Å².